The van der Waals surface area contributed by atoms with E-state index in [-0.39, 0.29) is 11.5 Å². The van der Waals surface area contributed by atoms with Crippen LogP contribution < -0.4 is 15.5 Å². The van der Waals surface area contributed by atoms with Crippen LogP contribution in [0.3, 0.4) is 0 Å². The largest absolute Gasteiger partial charge is 0.497 e. The summed E-state index contributed by atoms with van der Waals surface area (Å²) in [5.74, 6) is 0.690. The highest BCUT2D eigenvalue weighted by Gasteiger charge is 2.08. The van der Waals surface area contributed by atoms with E-state index in [0.29, 0.717) is 28.0 Å². The molecule has 0 aliphatic rings. The number of hydrogen-bond acceptors (Lipinski definition) is 4. The number of H-pyrrole nitrogens is 1. The zero-order chi connectivity index (χ0) is 17.0. The summed E-state index contributed by atoms with van der Waals surface area (Å²) in [7, 11) is 1.59. The Hall–Kier alpha value is -2.21. The van der Waals surface area contributed by atoms with Gasteiger partial charge < -0.3 is 15.0 Å². The lowest BCUT2D eigenvalue weighted by Crippen LogP contribution is -2.21. The third-order valence-corrected chi connectivity index (χ3v) is 3.78. The van der Waals surface area contributed by atoms with Crippen molar-refractivity contribution in [1.82, 2.24) is 10.3 Å². The second-order valence-electron chi connectivity index (χ2n) is 5.29. The lowest BCUT2D eigenvalue weighted by Gasteiger charge is -2.12. The Bertz CT molecular complexity index is 809. The van der Waals surface area contributed by atoms with Crippen LogP contribution >= 0.6 is 11.8 Å². The van der Waals surface area contributed by atoms with Gasteiger partial charge in [0, 0.05) is 23.6 Å². The van der Waals surface area contributed by atoms with Crippen molar-refractivity contribution in [2.24, 2.45) is 4.99 Å². The highest BCUT2D eigenvalue weighted by Crippen LogP contribution is 2.18. The Kier molecular flexibility index (Phi) is 5.50. The number of amidine groups is 1. The van der Waals surface area contributed by atoms with Crippen LogP contribution in [0.5, 0.6) is 5.75 Å². The molecule has 2 aromatic rings. The summed E-state index contributed by atoms with van der Waals surface area (Å²) in [4.78, 5) is 20.0. The summed E-state index contributed by atoms with van der Waals surface area (Å²) in [6, 6.07) is 7.03. The molecular weight excluding hydrogens is 310 g/mol. The van der Waals surface area contributed by atoms with Gasteiger partial charge in [0.25, 0.3) is 0 Å². The fourth-order valence-corrected chi connectivity index (χ4v) is 2.63. The molecule has 0 unspecified atom stereocenters. The maximum atomic E-state index is 12.3. The zero-order valence-electron chi connectivity index (χ0n) is 13.8. The molecule has 0 saturated carbocycles. The van der Waals surface area contributed by atoms with Crippen molar-refractivity contribution in [3.05, 3.63) is 46.8 Å². The number of ether oxygens (including phenoxy) is 1. The average molecular weight is 331 g/mol. The summed E-state index contributed by atoms with van der Waals surface area (Å²) in [5, 5.41) is 4.53. The first-order valence-corrected chi connectivity index (χ1v) is 8.46. The molecule has 1 aromatic carbocycles. The molecule has 0 aliphatic heterocycles. The van der Waals surface area contributed by atoms with Gasteiger partial charge in [-0.2, -0.15) is 0 Å². The topological polar surface area (TPSA) is 66.5 Å². The molecule has 0 spiro atoms. The average Bonchev–Trinajstić information content (AvgIpc) is 2.52. The SMILES string of the molecule is C=C(NC(=NC(C)C)SC)c1cc(=O)c2ccc(OC)cc2[nH]1. The Labute approximate surface area is 139 Å². The van der Waals surface area contributed by atoms with Crippen molar-refractivity contribution in [3.8, 4) is 5.75 Å². The van der Waals surface area contributed by atoms with Crippen LogP contribution in [0.2, 0.25) is 0 Å². The lowest BCUT2D eigenvalue weighted by molar-refractivity contribution is 0.415. The number of aromatic amines is 1. The summed E-state index contributed by atoms with van der Waals surface area (Å²) in [5.41, 5.74) is 1.87. The second-order valence-corrected chi connectivity index (χ2v) is 6.09. The molecule has 6 heteroatoms. The molecule has 122 valence electrons. The van der Waals surface area contributed by atoms with Gasteiger partial charge in [0.15, 0.2) is 10.6 Å². The van der Waals surface area contributed by atoms with Gasteiger partial charge in [-0.05, 0) is 32.2 Å². The van der Waals surface area contributed by atoms with Crippen LogP contribution in [-0.4, -0.2) is 29.6 Å². The van der Waals surface area contributed by atoms with Gasteiger partial charge >= 0.3 is 0 Å². The first-order valence-electron chi connectivity index (χ1n) is 7.23. The fourth-order valence-electron chi connectivity index (χ4n) is 2.09. The molecule has 1 aromatic heterocycles. The molecule has 1 heterocycles. The van der Waals surface area contributed by atoms with E-state index >= 15 is 0 Å². The smallest absolute Gasteiger partial charge is 0.190 e. The van der Waals surface area contributed by atoms with E-state index in [1.165, 1.54) is 17.8 Å². The van der Waals surface area contributed by atoms with E-state index in [4.69, 9.17) is 4.74 Å². The number of benzene rings is 1. The molecular formula is C17H21N3O2S. The van der Waals surface area contributed by atoms with Crippen LogP contribution in [-0.2, 0) is 0 Å². The normalized spacial score (nSPS) is 11.8. The molecule has 0 atom stereocenters. The number of methoxy groups -OCH3 is 1. The van der Waals surface area contributed by atoms with Crippen molar-refractivity contribution in [1.29, 1.82) is 0 Å². The van der Waals surface area contributed by atoms with E-state index in [1.54, 1.807) is 25.3 Å². The third kappa shape index (κ3) is 4.16. The van der Waals surface area contributed by atoms with Gasteiger partial charge in [0.1, 0.15) is 5.75 Å². The molecule has 0 saturated heterocycles. The quantitative estimate of drug-likeness (QED) is 0.667. The lowest BCUT2D eigenvalue weighted by atomic mass is 10.1. The van der Waals surface area contributed by atoms with Gasteiger partial charge in [-0.15, -0.1) is 0 Å². The Morgan fingerprint density at radius 1 is 1.39 bits per heavy atom. The maximum Gasteiger partial charge on any atom is 0.190 e. The molecule has 2 rings (SSSR count). The van der Waals surface area contributed by atoms with Gasteiger partial charge in [0.05, 0.1) is 24.0 Å². The van der Waals surface area contributed by atoms with Crippen LogP contribution in [0.25, 0.3) is 16.6 Å². The molecule has 0 aliphatic carbocycles. The molecule has 0 bridgehead atoms. The maximum absolute atomic E-state index is 12.3. The second kappa shape index (κ2) is 7.37. The number of rotatable bonds is 4. The number of aromatic nitrogens is 1. The van der Waals surface area contributed by atoms with Gasteiger partial charge in [0.2, 0.25) is 0 Å². The summed E-state index contributed by atoms with van der Waals surface area (Å²) < 4.78 is 5.21. The van der Waals surface area contributed by atoms with Gasteiger partial charge in [-0.3, -0.25) is 9.79 Å². The Morgan fingerprint density at radius 2 is 2.13 bits per heavy atom. The number of nitrogens with zero attached hydrogens (tertiary/aromatic N) is 1. The number of hydrogen-bond donors (Lipinski definition) is 2. The summed E-state index contributed by atoms with van der Waals surface area (Å²) in [6.07, 6.45) is 1.94. The minimum absolute atomic E-state index is 0.0640. The minimum atomic E-state index is -0.0640. The van der Waals surface area contributed by atoms with E-state index < -0.39 is 0 Å². The van der Waals surface area contributed by atoms with E-state index in [2.05, 4.69) is 21.9 Å². The fraction of sp³-hybridized carbons (Fsp3) is 0.294. The molecule has 2 N–H and O–H groups in total. The van der Waals surface area contributed by atoms with Crippen LogP contribution in [0, 0.1) is 0 Å². The minimum Gasteiger partial charge on any atom is -0.497 e. The standard InChI is InChI=1S/C17H21N3O2S/c1-10(2)18-17(23-5)19-11(3)14-9-16(21)13-7-6-12(22-4)8-15(13)20-14/h6-10H,3H2,1-2,4-5H3,(H,18,19)(H,20,21). The first-order chi connectivity index (χ1) is 10.9. The van der Waals surface area contributed by atoms with Crippen LogP contribution in [0.1, 0.15) is 19.5 Å². The number of pyridine rings is 1. The number of aliphatic imine (C=N–C) groups is 1. The monoisotopic (exact) mass is 331 g/mol. The summed E-state index contributed by atoms with van der Waals surface area (Å²) >= 11 is 1.50. The van der Waals surface area contributed by atoms with Crippen LogP contribution in [0.4, 0.5) is 0 Å². The molecule has 5 nitrogen and oxygen atoms in total. The third-order valence-electron chi connectivity index (χ3n) is 3.19. The summed E-state index contributed by atoms with van der Waals surface area (Å²) in [6.45, 7) is 8.01. The highest BCUT2D eigenvalue weighted by atomic mass is 32.2. The van der Waals surface area contributed by atoms with Crippen molar-refractivity contribution >= 4 is 33.5 Å². The van der Waals surface area contributed by atoms with E-state index in [9.17, 15) is 4.79 Å². The first kappa shape index (κ1) is 17.1. The predicted molar refractivity (Wildman–Crippen MR) is 99.4 cm³/mol. The van der Waals surface area contributed by atoms with Crippen molar-refractivity contribution < 1.29 is 4.74 Å². The van der Waals surface area contributed by atoms with Crippen molar-refractivity contribution in [2.75, 3.05) is 13.4 Å². The Morgan fingerprint density at radius 3 is 2.74 bits per heavy atom. The number of thioether (sulfide) groups is 1. The van der Waals surface area contributed by atoms with E-state index in [1.807, 2.05) is 20.1 Å². The van der Waals surface area contributed by atoms with Crippen molar-refractivity contribution in [2.45, 2.75) is 19.9 Å². The predicted octanol–water partition coefficient (Wildman–Crippen LogP) is 3.22. The number of nitrogens with one attached hydrogen (secondary N) is 2. The Balaban J connectivity index is 2.39. The van der Waals surface area contributed by atoms with Crippen LogP contribution in [0.15, 0.2) is 40.6 Å². The molecule has 0 radical (unpaired) electrons. The van der Waals surface area contributed by atoms with Gasteiger partial charge in [-0.1, -0.05) is 18.3 Å². The van der Waals surface area contributed by atoms with Crippen molar-refractivity contribution in [3.63, 3.8) is 0 Å². The van der Waals surface area contributed by atoms with Gasteiger partial charge in [-0.25, -0.2) is 0 Å². The zero-order valence-corrected chi connectivity index (χ0v) is 14.6. The molecule has 0 amide bonds. The molecule has 23 heavy (non-hydrogen) atoms. The number of fused-ring (bicyclic) bond motifs is 1. The highest BCUT2D eigenvalue weighted by molar-refractivity contribution is 8.13. The molecule has 0 fully saturated rings. The van der Waals surface area contributed by atoms with E-state index in [0.717, 1.165) is 5.17 Å².